The Morgan fingerprint density at radius 2 is 0.549 bits per heavy atom. The number of hydrogen-bond acceptors (Lipinski definition) is 6. The van der Waals surface area contributed by atoms with Crippen LogP contribution in [0.1, 0.15) is 265 Å². The third-order valence-corrected chi connectivity index (χ3v) is 12.2. The molecule has 0 radical (unpaired) electrons. The second kappa shape index (κ2) is 58.6. The number of allylic oxidation sites excluding steroid dienone is 18. The maximum Gasteiger partial charge on any atom is 0.306 e. The summed E-state index contributed by atoms with van der Waals surface area (Å²) >= 11 is 0. The number of hydrogen-bond donors (Lipinski definition) is 0. The first-order valence-electron chi connectivity index (χ1n) is 29.4. The molecule has 0 saturated heterocycles. The molecule has 0 bridgehead atoms. The molecule has 0 aromatic rings. The van der Waals surface area contributed by atoms with Crippen molar-refractivity contribution in [3.63, 3.8) is 0 Å². The van der Waals surface area contributed by atoms with Crippen LogP contribution in [0.25, 0.3) is 0 Å². The average Bonchev–Trinajstić information content (AvgIpc) is 3.37. The summed E-state index contributed by atoms with van der Waals surface area (Å²) in [5.41, 5.74) is 0. The molecule has 1 atom stereocenters. The van der Waals surface area contributed by atoms with E-state index >= 15 is 0 Å². The fourth-order valence-electron chi connectivity index (χ4n) is 7.89. The van der Waals surface area contributed by atoms with Crippen molar-refractivity contribution in [3.05, 3.63) is 109 Å². The van der Waals surface area contributed by atoms with Gasteiger partial charge in [-0.1, -0.05) is 233 Å². The van der Waals surface area contributed by atoms with E-state index in [9.17, 15) is 14.4 Å². The largest absolute Gasteiger partial charge is 0.462 e. The number of esters is 3. The van der Waals surface area contributed by atoms with Crippen molar-refractivity contribution >= 4 is 17.9 Å². The monoisotopic (exact) mass is 985 g/mol. The lowest BCUT2D eigenvalue weighted by Gasteiger charge is -2.18. The lowest BCUT2D eigenvalue weighted by molar-refractivity contribution is -0.167. The van der Waals surface area contributed by atoms with Gasteiger partial charge in [0.2, 0.25) is 0 Å². The summed E-state index contributed by atoms with van der Waals surface area (Å²) in [6.07, 6.45) is 79.3. The van der Waals surface area contributed by atoms with Gasteiger partial charge in [-0.25, -0.2) is 0 Å². The Hall–Kier alpha value is -3.93. The molecular weight excluding hydrogens is 877 g/mol. The average molecular weight is 986 g/mol. The van der Waals surface area contributed by atoms with Gasteiger partial charge < -0.3 is 14.2 Å². The summed E-state index contributed by atoms with van der Waals surface area (Å²) in [6, 6.07) is 0. The molecule has 0 heterocycles. The summed E-state index contributed by atoms with van der Waals surface area (Å²) in [7, 11) is 0. The highest BCUT2D eigenvalue weighted by Crippen LogP contribution is 2.14. The number of unbranched alkanes of at least 4 members (excludes halogenated alkanes) is 23. The van der Waals surface area contributed by atoms with Crippen molar-refractivity contribution in [3.8, 4) is 0 Å². The molecule has 6 heteroatoms. The van der Waals surface area contributed by atoms with E-state index in [-0.39, 0.29) is 31.1 Å². The van der Waals surface area contributed by atoms with Crippen molar-refractivity contribution in [2.75, 3.05) is 13.2 Å². The summed E-state index contributed by atoms with van der Waals surface area (Å²) in [4.78, 5) is 38.2. The van der Waals surface area contributed by atoms with Gasteiger partial charge in [0.25, 0.3) is 0 Å². The Morgan fingerprint density at radius 1 is 0.296 bits per heavy atom. The highest BCUT2D eigenvalue weighted by Gasteiger charge is 2.19. The topological polar surface area (TPSA) is 78.9 Å². The molecule has 0 spiro atoms. The SMILES string of the molecule is CC/C=C\C/C=C\C/C=C\C/C=C\CCCCCCCCCCC(=O)OCC(COC(=O)CCCCCCC/C=C\CCCCCCCC)OC(=O)CCCCCC/C=C\C/C=C\C/C=C\C/C=C\CC. The van der Waals surface area contributed by atoms with E-state index in [4.69, 9.17) is 14.2 Å². The number of rotatable bonds is 52. The minimum Gasteiger partial charge on any atom is -0.462 e. The summed E-state index contributed by atoms with van der Waals surface area (Å²) in [5.74, 6) is -0.933. The van der Waals surface area contributed by atoms with Crippen LogP contribution in [0.15, 0.2) is 109 Å². The first-order valence-corrected chi connectivity index (χ1v) is 29.4. The second-order valence-corrected chi connectivity index (χ2v) is 19.1. The van der Waals surface area contributed by atoms with E-state index in [0.29, 0.717) is 19.3 Å². The van der Waals surface area contributed by atoms with E-state index in [1.807, 2.05) is 0 Å². The van der Waals surface area contributed by atoms with Crippen molar-refractivity contribution < 1.29 is 28.6 Å². The van der Waals surface area contributed by atoms with E-state index in [0.717, 1.165) is 135 Å². The lowest BCUT2D eigenvalue weighted by atomic mass is 10.1. The zero-order chi connectivity index (χ0) is 51.4. The minimum atomic E-state index is -0.800. The molecular formula is C65H108O6. The van der Waals surface area contributed by atoms with E-state index in [2.05, 4.69) is 130 Å². The quantitative estimate of drug-likeness (QED) is 0.0261. The van der Waals surface area contributed by atoms with Crippen LogP contribution in [0.5, 0.6) is 0 Å². The first-order chi connectivity index (χ1) is 35.0. The van der Waals surface area contributed by atoms with Crippen LogP contribution >= 0.6 is 0 Å². The van der Waals surface area contributed by atoms with Gasteiger partial charge >= 0.3 is 17.9 Å². The third-order valence-electron chi connectivity index (χ3n) is 12.2. The molecule has 71 heavy (non-hydrogen) atoms. The highest BCUT2D eigenvalue weighted by atomic mass is 16.6. The number of carbonyl (C=O) groups is 3. The molecule has 0 rings (SSSR count). The zero-order valence-corrected chi connectivity index (χ0v) is 46.2. The zero-order valence-electron chi connectivity index (χ0n) is 46.2. The molecule has 0 aliphatic carbocycles. The van der Waals surface area contributed by atoms with Gasteiger partial charge in [0.05, 0.1) is 0 Å². The molecule has 0 N–H and O–H groups in total. The smallest absolute Gasteiger partial charge is 0.306 e. The van der Waals surface area contributed by atoms with Gasteiger partial charge in [0.15, 0.2) is 6.10 Å². The minimum absolute atomic E-state index is 0.0960. The fraction of sp³-hybridized carbons (Fsp3) is 0.677. The standard InChI is InChI=1S/C65H108O6/c1-4-7-10-13-16-19-22-25-28-30-31-32-33-35-37-40-43-46-49-52-55-58-64(67)70-61-62(60-69-63(66)57-54-51-48-45-42-39-36-27-24-21-18-15-12-9-6-3)71-65(68)59-56-53-50-47-44-41-38-34-29-26-23-20-17-14-11-8-5-2/h7-8,10-11,16-17,19-20,25-29,31-32,36,38,41,62H,4-6,9,12-15,18,21-24,30,33-35,37,39-40,42-61H2,1-3H3/b10-7-,11-8-,19-16-,20-17-,28-25-,29-26-,32-31-,36-27-,41-38-. The normalized spacial score (nSPS) is 12.9. The van der Waals surface area contributed by atoms with Crippen LogP contribution in [0.4, 0.5) is 0 Å². The maximum absolute atomic E-state index is 12.9. The molecule has 0 aromatic carbocycles. The van der Waals surface area contributed by atoms with Crippen molar-refractivity contribution in [2.24, 2.45) is 0 Å². The van der Waals surface area contributed by atoms with Crippen LogP contribution in [0.2, 0.25) is 0 Å². The molecule has 0 aromatic heterocycles. The Morgan fingerprint density at radius 3 is 0.873 bits per heavy atom. The predicted octanol–water partition coefficient (Wildman–Crippen LogP) is 19.9. The molecule has 404 valence electrons. The number of carbonyl (C=O) groups excluding carboxylic acids is 3. The van der Waals surface area contributed by atoms with Crippen LogP contribution < -0.4 is 0 Å². The molecule has 0 aliphatic rings. The van der Waals surface area contributed by atoms with E-state index in [1.54, 1.807) is 0 Å². The molecule has 0 aliphatic heterocycles. The maximum atomic E-state index is 12.9. The van der Waals surface area contributed by atoms with E-state index < -0.39 is 6.10 Å². The summed E-state index contributed by atoms with van der Waals surface area (Å²) in [6.45, 7) is 6.38. The van der Waals surface area contributed by atoms with Gasteiger partial charge in [-0.3, -0.25) is 14.4 Å². The number of ether oxygens (including phenoxy) is 3. The fourth-order valence-corrected chi connectivity index (χ4v) is 7.89. The summed E-state index contributed by atoms with van der Waals surface area (Å²) < 4.78 is 16.9. The summed E-state index contributed by atoms with van der Waals surface area (Å²) in [5, 5.41) is 0. The van der Waals surface area contributed by atoms with Gasteiger partial charge in [0.1, 0.15) is 13.2 Å². The van der Waals surface area contributed by atoms with Gasteiger partial charge in [-0.15, -0.1) is 0 Å². The van der Waals surface area contributed by atoms with Gasteiger partial charge in [-0.2, -0.15) is 0 Å². The lowest BCUT2D eigenvalue weighted by Crippen LogP contribution is -2.30. The molecule has 0 saturated carbocycles. The Balaban J connectivity index is 4.44. The van der Waals surface area contributed by atoms with Crippen molar-refractivity contribution in [1.82, 2.24) is 0 Å². The third kappa shape index (κ3) is 56.9. The molecule has 6 nitrogen and oxygen atoms in total. The Kier molecular flexibility index (Phi) is 55.4. The predicted molar refractivity (Wildman–Crippen MR) is 307 cm³/mol. The highest BCUT2D eigenvalue weighted by molar-refractivity contribution is 5.71. The Labute approximate surface area is 438 Å². The van der Waals surface area contributed by atoms with Crippen molar-refractivity contribution in [2.45, 2.75) is 271 Å². The van der Waals surface area contributed by atoms with Gasteiger partial charge in [-0.05, 0) is 122 Å². The molecule has 1 unspecified atom stereocenters. The first kappa shape index (κ1) is 67.1. The van der Waals surface area contributed by atoms with Crippen molar-refractivity contribution in [1.29, 1.82) is 0 Å². The van der Waals surface area contributed by atoms with Crippen LogP contribution in [0.3, 0.4) is 0 Å². The molecule has 0 amide bonds. The van der Waals surface area contributed by atoms with E-state index in [1.165, 1.54) is 89.9 Å². The molecule has 0 fully saturated rings. The van der Waals surface area contributed by atoms with Crippen LogP contribution in [-0.4, -0.2) is 37.2 Å². The second-order valence-electron chi connectivity index (χ2n) is 19.1. The van der Waals surface area contributed by atoms with Crippen LogP contribution in [0, 0.1) is 0 Å². The Bertz CT molecular complexity index is 1460. The van der Waals surface area contributed by atoms with Gasteiger partial charge in [0, 0.05) is 19.3 Å². The van der Waals surface area contributed by atoms with Crippen LogP contribution in [-0.2, 0) is 28.6 Å².